The number of rotatable bonds is 4. The third-order valence-corrected chi connectivity index (χ3v) is 4.23. The van der Waals surface area contributed by atoms with Gasteiger partial charge in [0.15, 0.2) is 0 Å². The van der Waals surface area contributed by atoms with Crippen molar-refractivity contribution in [2.45, 2.75) is 19.1 Å². The standard InChI is InChI=1S/C18H19N3O4/c1-12-10-20(11-17(25-12)13-5-3-2-4-6-13)16-8-7-14(21(23)24)9-15(16)18(19)22/h2-9,12,17H,10-11H2,1H3,(H2,19,22). The molecule has 2 N–H and O–H groups in total. The Labute approximate surface area is 145 Å². The van der Waals surface area contributed by atoms with Gasteiger partial charge < -0.3 is 15.4 Å². The van der Waals surface area contributed by atoms with Crippen LogP contribution in [0, 0.1) is 10.1 Å². The molecule has 2 aromatic rings. The Morgan fingerprint density at radius 3 is 2.60 bits per heavy atom. The first-order valence-electron chi connectivity index (χ1n) is 7.99. The zero-order chi connectivity index (χ0) is 18.0. The van der Waals surface area contributed by atoms with Gasteiger partial charge in [0, 0.05) is 25.2 Å². The van der Waals surface area contributed by atoms with Crippen molar-refractivity contribution in [1.29, 1.82) is 0 Å². The van der Waals surface area contributed by atoms with Gasteiger partial charge in [-0.1, -0.05) is 30.3 Å². The maximum atomic E-state index is 11.8. The molecule has 7 heteroatoms. The van der Waals surface area contributed by atoms with Crippen molar-refractivity contribution in [2.24, 2.45) is 5.73 Å². The predicted octanol–water partition coefficient (Wildman–Crippen LogP) is 2.66. The van der Waals surface area contributed by atoms with Crippen LogP contribution in [0.1, 0.15) is 28.9 Å². The minimum absolute atomic E-state index is 0.0603. The summed E-state index contributed by atoms with van der Waals surface area (Å²) in [7, 11) is 0. The number of nitrogens with two attached hydrogens (primary N) is 1. The molecule has 2 atom stereocenters. The molecule has 0 aromatic heterocycles. The number of carbonyl (C=O) groups is 1. The lowest BCUT2D eigenvalue weighted by atomic mass is 10.0. The number of hydrogen-bond donors (Lipinski definition) is 1. The highest BCUT2D eigenvalue weighted by Gasteiger charge is 2.29. The van der Waals surface area contributed by atoms with Gasteiger partial charge in [-0.2, -0.15) is 0 Å². The Hall–Kier alpha value is -2.93. The van der Waals surface area contributed by atoms with Gasteiger partial charge in [0.1, 0.15) is 6.10 Å². The summed E-state index contributed by atoms with van der Waals surface area (Å²) in [5.41, 5.74) is 7.08. The number of hydrogen-bond acceptors (Lipinski definition) is 5. The first-order valence-corrected chi connectivity index (χ1v) is 7.99. The second-order valence-electron chi connectivity index (χ2n) is 6.07. The van der Waals surface area contributed by atoms with Crippen molar-refractivity contribution in [1.82, 2.24) is 0 Å². The topological polar surface area (TPSA) is 98.7 Å². The highest BCUT2D eigenvalue weighted by molar-refractivity contribution is 5.99. The second-order valence-corrected chi connectivity index (χ2v) is 6.07. The number of nitro benzene ring substituents is 1. The second kappa shape index (κ2) is 6.90. The van der Waals surface area contributed by atoms with Crippen LogP contribution < -0.4 is 10.6 Å². The van der Waals surface area contributed by atoms with E-state index in [0.29, 0.717) is 18.8 Å². The molecule has 130 valence electrons. The van der Waals surface area contributed by atoms with Crippen molar-refractivity contribution in [3.05, 3.63) is 69.8 Å². The number of morpholine rings is 1. The van der Waals surface area contributed by atoms with Crippen LogP contribution in [-0.2, 0) is 4.74 Å². The molecule has 2 unspecified atom stereocenters. The van der Waals surface area contributed by atoms with E-state index in [0.717, 1.165) is 5.56 Å². The quantitative estimate of drug-likeness (QED) is 0.681. The fraction of sp³-hybridized carbons (Fsp3) is 0.278. The van der Waals surface area contributed by atoms with Crippen molar-refractivity contribution >= 4 is 17.3 Å². The molecule has 1 aliphatic heterocycles. The van der Waals surface area contributed by atoms with E-state index >= 15 is 0 Å². The number of nitrogens with zero attached hydrogens (tertiary/aromatic N) is 2. The molecule has 0 saturated carbocycles. The molecule has 1 saturated heterocycles. The normalized spacial score (nSPS) is 20.3. The molecule has 25 heavy (non-hydrogen) atoms. The average Bonchev–Trinajstić information content (AvgIpc) is 2.61. The monoisotopic (exact) mass is 341 g/mol. The zero-order valence-electron chi connectivity index (χ0n) is 13.8. The number of anilines is 1. The molecule has 1 fully saturated rings. The number of amides is 1. The molecule has 1 amide bonds. The van der Waals surface area contributed by atoms with E-state index in [1.807, 2.05) is 42.2 Å². The molecule has 0 spiro atoms. The van der Waals surface area contributed by atoms with Crippen molar-refractivity contribution in [2.75, 3.05) is 18.0 Å². The average molecular weight is 341 g/mol. The summed E-state index contributed by atoms with van der Waals surface area (Å²) in [5, 5.41) is 11.0. The van der Waals surface area contributed by atoms with Gasteiger partial charge in [0.2, 0.25) is 0 Å². The lowest BCUT2D eigenvalue weighted by molar-refractivity contribution is -0.384. The number of primary amides is 1. The summed E-state index contributed by atoms with van der Waals surface area (Å²) in [4.78, 5) is 24.2. The number of non-ortho nitro benzene ring substituents is 1. The van der Waals surface area contributed by atoms with Crippen molar-refractivity contribution in [3.8, 4) is 0 Å². The van der Waals surface area contributed by atoms with Gasteiger partial charge in [-0.05, 0) is 18.6 Å². The summed E-state index contributed by atoms with van der Waals surface area (Å²) >= 11 is 0. The molecule has 3 rings (SSSR count). The SMILES string of the molecule is CC1CN(c2ccc([N+](=O)[O-])cc2C(N)=O)CC(c2ccccc2)O1. The van der Waals surface area contributed by atoms with E-state index in [2.05, 4.69) is 0 Å². The summed E-state index contributed by atoms with van der Waals surface area (Å²) in [6.45, 7) is 3.06. The van der Waals surface area contributed by atoms with Crippen molar-refractivity contribution < 1.29 is 14.5 Å². The Morgan fingerprint density at radius 2 is 1.96 bits per heavy atom. The van der Waals surface area contributed by atoms with Gasteiger partial charge in [-0.3, -0.25) is 14.9 Å². The lowest BCUT2D eigenvalue weighted by Gasteiger charge is -2.39. The smallest absolute Gasteiger partial charge is 0.270 e. The highest BCUT2D eigenvalue weighted by Crippen LogP contribution is 2.32. The third-order valence-electron chi connectivity index (χ3n) is 4.23. The minimum Gasteiger partial charge on any atom is -0.367 e. The van der Waals surface area contributed by atoms with E-state index in [4.69, 9.17) is 10.5 Å². The van der Waals surface area contributed by atoms with Gasteiger partial charge in [-0.25, -0.2) is 0 Å². The van der Waals surface area contributed by atoms with Crippen molar-refractivity contribution in [3.63, 3.8) is 0 Å². The zero-order valence-corrected chi connectivity index (χ0v) is 13.8. The van der Waals surface area contributed by atoms with Gasteiger partial charge in [0.05, 0.1) is 22.3 Å². The van der Waals surface area contributed by atoms with Gasteiger partial charge in [-0.15, -0.1) is 0 Å². The first kappa shape index (κ1) is 16.9. The molecule has 7 nitrogen and oxygen atoms in total. The van der Waals surface area contributed by atoms with E-state index in [-0.39, 0.29) is 23.5 Å². The number of carbonyl (C=O) groups excluding carboxylic acids is 1. The molecule has 2 aromatic carbocycles. The Kier molecular flexibility index (Phi) is 4.67. The van der Waals surface area contributed by atoms with E-state index in [9.17, 15) is 14.9 Å². The molecule has 0 radical (unpaired) electrons. The predicted molar refractivity (Wildman–Crippen MR) is 93.6 cm³/mol. The van der Waals surface area contributed by atoms with E-state index < -0.39 is 10.8 Å². The first-order chi connectivity index (χ1) is 12.0. The largest absolute Gasteiger partial charge is 0.367 e. The van der Waals surface area contributed by atoms with E-state index in [1.54, 1.807) is 6.07 Å². The molecule has 1 heterocycles. The summed E-state index contributed by atoms with van der Waals surface area (Å²) < 4.78 is 6.02. The maximum absolute atomic E-state index is 11.8. The van der Waals surface area contributed by atoms with Crippen LogP contribution in [0.25, 0.3) is 0 Å². The Balaban J connectivity index is 1.95. The molecular weight excluding hydrogens is 322 g/mol. The molecule has 1 aliphatic rings. The van der Waals surface area contributed by atoms with E-state index in [1.165, 1.54) is 12.1 Å². The minimum atomic E-state index is -0.686. The van der Waals surface area contributed by atoms with Crippen LogP contribution in [0.15, 0.2) is 48.5 Å². The fourth-order valence-electron chi connectivity index (χ4n) is 3.11. The maximum Gasteiger partial charge on any atom is 0.270 e. The summed E-state index contributed by atoms with van der Waals surface area (Å²) in [6.07, 6.45) is -0.212. The summed E-state index contributed by atoms with van der Waals surface area (Å²) in [6, 6.07) is 14.0. The molecule has 0 bridgehead atoms. The third kappa shape index (κ3) is 3.61. The Morgan fingerprint density at radius 1 is 1.24 bits per heavy atom. The molecular formula is C18H19N3O4. The number of benzene rings is 2. The van der Waals surface area contributed by atoms with Crippen LogP contribution in [0.4, 0.5) is 11.4 Å². The van der Waals surface area contributed by atoms with Gasteiger partial charge in [0.25, 0.3) is 11.6 Å². The van der Waals surface area contributed by atoms with Crippen LogP contribution in [0.5, 0.6) is 0 Å². The van der Waals surface area contributed by atoms with Crippen LogP contribution in [-0.4, -0.2) is 30.0 Å². The number of nitro groups is 1. The van der Waals surface area contributed by atoms with Crippen LogP contribution in [0.3, 0.4) is 0 Å². The number of ether oxygens (including phenoxy) is 1. The van der Waals surface area contributed by atoms with Gasteiger partial charge >= 0.3 is 0 Å². The van der Waals surface area contributed by atoms with Crippen LogP contribution in [0.2, 0.25) is 0 Å². The summed E-state index contributed by atoms with van der Waals surface area (Å²) in [5.74, 6) is -0.686. The lowest BCUT2D eigenvalue weighted by Crippen LogP contribution is -2.43. The van der Waals surface area contributed by atoms with Crippen LogP contribution >= 0.6 is 0 Å². The highest BCUT2D eigenvalue weighted by atomic mass is 16.6. The molecule has 0 aliphatic carbocycles. The Bertz CT molecular complexity index is 794. The fourth-order valence-corrected chi connectivity index (χ4v) is 3.11.